The molecule has 7 nitrogen and oxygen atoms in total. The average molecular weight is 444 g/mol. The molecule has 0 aliphatic rings. The summed E-state index contributed by atoms with van der Waals surface area (Å²) in [5, 5.41) is 0. The van der Waals surface area contributed by atoms with Crippen LogP contribution in [0.25, 0.3) is 5.69 Å². The fourth-order valence-electron chi connectivity index (χ4n) is 3.25. The predicted molar refractivity (Wildman–Crippen MR) is 115 cm³/mol. The number of aromatic nitrogens is 1. The van der Waals surface area contributed by atoms with Crippen LogP contribution in [0, 0.1) is 19.7 Å². The molecule has 0 fully saturated rings. The Morgan fingerprint density at radius 2 is 1.74 bits per heavy atom. The van der Waals surface area contributed by atoms with Crippen LogP contribution in [-0.4, -0.2) is 37.6 Å². The van der Waals surface area contributed by atoms with E-state index >= 15 is 0 Å². The summed E-state index contributed by atoms with van der Waals surface area (Å²) in [7, 11) is -3.49. The molecule has 162 valence electrons. The van der Waals surface area contributed by atoms with Crippen molar-refractivity contribution in [2.24, 2.45) is 0 Å². The van der Waals surface area contributed by atoms with E-state index in [4.69, 9.17) is 4.74 Å². The van der Waals surface area contributed by atoms with Crippen LogP contribution in [0.2, 0.25) is 0 Å². The second-order valence-corrected chi connectivity index (χ2v) is 8.80. The molecule has 3 rings (SSSR count). The third kappa shape index (κ3) is 5.37. The van der Waals surface area contributed by atoms with Crippen molar-refractivity contribution in [2.45, 2.75) is 13.8 Å². The van der Waals surface area contributed by atoms with Crippen molar-refractivity contribution >= 4 is 27.5 Å². The number of carbonyl (C=O) groups excluding carboxylic acids is 2. The first-order valence-corrected chi connectivity index (χ1v) is 11.2. The number of rotatable bonds is 7. The molecule has 0 saturated carbocycles. The lowest BCUT2D eigenvalue weighted by atomic mass is 10.1. The highest BCUT2D eigenvalue weighted by Gasteiger charge is 2.19. The lowest BCUT2D eigenvalue weighted by molar-refractivity contribution is 0.0474. The van der Waals surface area contributed by atoms with Crippen molar-refractivity contribution < 1.29 is 27.1 Å². The fourth-order valence-corrected chi connectivity index (χ4v) is 3.80. The summed E-state index contributed by atoms with van der Waals surface area (Å²) in [6.45, 7) is 3.10. The summed E-state index contributed by atoms with van der Waals surface area (Å²) in [4.78, 5) is 25.0. The first-order valence-electron chi connectivity index (χ1n) is 9.28. The summed E-state index contributed by atoms with van der Waals surface area (Å²) >= 11 is 0. The maximum absolute atomic E-state index is 13.2. The molecule has 0 unspecified atom stereocenters. The van der Waals surface area contributed by atoms with Crippen molar-refractivity contribution in [3.05, 3.63) is 82.9 Å². The van der Waals surface area contributed by atoms with E-state index in [-0.39, 0.29) is 22.9 Å². The Morgan fingerprint density at radius 1 is 1.06 bits per heavy atom. The second kappa shape index (κ2) is 8.73. The lowest BCUT2D eigenvalue weighted by Gasteiger charge is -2.10. The van der Waals surface area contributed by atoms with E-state index in [1.807, 2.05) is 11.5 Å². The van der Waals surface area contributed by atoms with Crippen LogP contribution in [0.4, 0.5) is 10.1 Å². The highest BCUT2D eigenvalue weighted by atomic mass is 32.2. The first kappa shape index (κ1) is 22.2. The highest BCUT2D eigenvalue weighted by molar-refractivity contribution is 7.92. The first-order chi connectivity index (χ1) is 14.5. The summed E-state index contributed by atoms with van der Waals surface area (Å²) in [6.07, 6.45) is 0.999. The Balaban J connectivity index is 1.73. The third-order valence-corrected chi connectivity index (χ3v) is 5.16. The van der Waals surface area contributed by atoms with Crippen molar-refractivity contribution in [1.29, 1.82) is 0 Å². The number of nitrogens with zero attached hydrogens (tertiary/aromatic N) is 1. The second-order valence-electron chi connectivity index (χ2n) is 7.05. The van der Waals surface area contributed by atoms with E-state index < -0.39 is 22.6 Å². The number of benzene rings is 2. The highest BCUT2D eigenvalue weighted by Crippen LogP contribution is 2.22. The Hall–Kier alpha value is -3.46. The number of Topliss-reactive ketones (excluding diaryl/α,β-unsaturated/α-hetero) is 1. The molecule has 0 bridgehead atoms. The van der Waals surface area contributed by atoms with E-state index in [1.54, 1.807) is 25.1 Å². The Labute approximate surface area is 179 Å². The van der Waals surface area contributed by atoms with Gasteiger partial charge in [0.15, 0.2) is 6.61 Å². The molecule has 1 aromatic heterocycles. The molecule has 2 aromatic carbocycles. The van der Waals surface area contributed by atoms with Crippen LogP contribution in [0.1, 0.15) is 32.1 Å². The number of halogens is 1. The summed E-state index contributed by atoms with van der Waals surface area (Å²) in [5.74, 6) is -1.50. The normalized spacial score (nSPS) is 11.2. The number of esters is 1. The molecule has 9 heteroatoms. The van der Waals surface area contributed by atoms with Gasteiger partial charge in [-0.1, -0.05) is 6.07 Å². The average Bonchev–Trinajstić information content (AvgIpc) is 3.00. The van der Waals surface area contributed by atoms with Crippen molar-refractivity contribution in [3.8, 4) is 5.69 Å². The minimum absolute atomic E-state index is 0.109. The number of hydrogen-bond donors (Lipinski definition) is 1. The van der Waals surface area contributed by atoms with Gasteiger partial charge in [0.2, 0.25) is 15.8 Å². The molecule has 0 saturated heterocycles. The van der Waals surface area contributed by atoms with Gasteiger partial charge in [0, 0.05) is 28.3 Å². The SMILES string of the molecule is Cc1cc(C(=O)COC(=O)c2cccc(NS(C)(=O)=O)c2)c(C)n1-c1ccc(F)cc1. The number of sulfonamides is 1. The van der Waals surface area contributed by atoms with E-state index in [0.29, 0.717) is 16.9 Å². The van der Waals surface area contributed by atoms with Gasteiger partial charge in [0.25, 0.3) is 0 Å². The van der Waals surface area contributed by atoms with Gasteiger partial charge < -0.3 is 9.30 Å². The van der Waals surface area contributed by atoms with Crippen LogP contribution < -0.4 is 4.72 Å². The molecule has 0 aliphatic heterocycles. The molecule has 3 aromatic rings. The molecule has 0 radical (unpaired) electrons. The van der Waals surface area contributed by atoms with Gasteiger partial charge in [-0.15, -0.1) is 0 Å². The van der Waals surface area contributed by atoms with Gasteiger partial charge in [-0.25, -0.2) is 17.6 Å². The molecule has 31 heavy (non-hydrogen) atoms. The smallest absolute Gasteiger partial charge is 0.338 e. The van der Waals surface area contributed by atoms with Gasteiger partial charge in [0.1, 0.15) is 5.82 Å². The van der Waals surface area contributed by atoms with Crippen LogP contribution in [0.15, 0.2) is 54.6 Å². The van der Waals surface area contributed by atoms with Gasteiger partial charge >= 0.3 is 5.97 Å². The predicted octanol–water partition coefficient (Wildman–Crippen LogP) is 3.64. The number of ketones is 1. The van der Waals surface area contributed by atoms with Crippen molar-refractivity contribution in [3.63, 3.8) is 0 Å². The third-order valence-electron chi connectivity index (χ3n) is 4.55. The van der Waals surface area contributed by atoms with Gasteiger partial charge in [0.05, 0.1) is 11.8 Å². The number of hydrogen-bond acceptors (Lipinski definition) is 5. The van der Waals surface area contributed by atoms with Crippen LogP contribution in [0.3, 0.4) is 0 Å². The maximum atomic E-state index is 13.2. The quantitative estimate of drug-likeness (QED) is 0.444. The Bertz CT molecular complexity index is 1250. The van der Waals surface area contributed by atoms with Gasteiger partial charge in [-0.3, -0.25) is 9.52 Å². The van der Waals surface area contributed by atoms with Crippen LogP contribution in [-0.2, 0) is 14.8 Å². The molecule has 1 N–H and O–H groups in total. The zero-order chi connectivity index (χ0) is 22.8. The number of ether oxygens (including phenoxy) is 1. The fraction of sp³-hybridized carbons (Fsp3) is 0.182. The largest absolute Gasteiger partial charge is 0.454 e. The van der Waals surface area contributed by atoms with Crippen molar-refractivity contribution in [2.75, 3.05) is 17.6 Å². The molecule has 0 aliphatic carbocycles. The number of nitrogens with one attached hydrogen (secondary N) is 1. The summed E-state index contributed by atoms with van der Waals surface area (Å²) in [6, 6.07) is 13.4. The van der Waals surface area contributed by atoms with Crippen LogP contribution >= 0.6 is 0 Å². The van der Waals surface area contributed by atoms with E-state index in [1.165, 1.54) is 36.4 Å². The lowest BCUT2D eigenvalue weighted by Crippen LogP contribution is -2.15. The standard InChI is InChI=1S/C22H21FN2O5S/c1-14-11-20(15(2)25(14)19-9-7-17(23)8-10-19)21(26)13-30-22(27)16-5-4-6-18(12-16)24-31(3,28)29/h4-12,24H,13H2,1-3H3. The van der Waals surface area contributed by atoms with Crippen molar-refractivity contribution in [1.82, 2.24) is 4.57 Å². The minimum Gasteiger partial charge on any atom is -0.454 e. The maximum Gasteiger partial charge on any atom is 0.338 e. The molecular formula is C22H21FN2O5S. The van der Waals surface area contributed by atoms with E-state index in [2.05, 4.69) is 4.72 Å². The molecule has 0 spiro atoms. The topological polar surface area (TPSA) is 94.5 Å². The summed E-state index contributed by atoms with van der Waals surface area (Å²) < 4.78 is 45.1. The number of carbonyl (C=O) groups is 2. The minimum atomic E-state index is -3.49. The Kier molecular flexibility index (Phi) is 6.26. The molecule has 0 amide bonds. The zero-order valence-corrected chi connectivity index (χ0v) is 18.0. The Morgan fingerprint density at radius 3 is 2.39 bits per heavy atom. The zero-order valence-electron chi connectivity index (χ0n) is 17.2. The van der Waals surface area contributed by atoms with E-state index in [9.17, 15) is 22.4 Å². The van der Waals surface area contributed by atoms with Gasteiger partial charge in [-0.05, 0) is 62.4 Å². The number of anilines is 1. The van der Waals surface area contributed by atoms with E-state index in [0.717, 1.165) is 11.9 Å². The molecular weight excluding hydrogens is 423 g/mol. The van der Waals surface area contributed by atoms with Crippen LogP contribution in [0.5, 0.6) is 0 Å². The summed E-state index contributed by atoms with van der Waals surface area (Å²) in [5.41, 5.74) is 2.84. The monoisotopic (exact) mass is 444 g/mol. The number of aryl methyl sites for hydroxylation is 1. The molecule has 1 heterocycles. The molecule has 0 atom stereocenters. The van der Waals surface area contributed by atoms with Gasteiger partial charge in [-0.2, -0.15) is 0 Å².